The largest absolute Gasteiger partial charge is 0.481 e. The van der Waals surface area contributed by atoms with E-state index in [4.69, 9.17) is 10.2 Å². The molecule has 0 saturated heterocycles. The third-order valence-electron chi connectivity index (χ3n) is 1.81. The summed E-state index contributed by atoms with van der Waals surface area (Å²) in [7, 11) is 0. The zero-order valence-corrected chi connectivity index (χ0v) is 8.07. The van der Waals surface area contributed by atoms with E-state index in [1.165, 1.54) is 0 Å². The minimum absolute atomic E-state index is 0.00936. The first-order valence-corrected chi connectivity index (χ1v) is 4.10. The van der Waals surface area contributed by atoms with Crippen LogP contribution in [0, 0.1) is 11.8 Å². The number of aliphatic carboxylic acids is 2. The summed E-state index contributed by atoms with van der Waals surface area (Å²) < 4.78 is 8.40. The smallest absolute Gasteiger partial charge is 0.310 e. The van der Waals surface area contributed by atoms with Gasteiger partial charge in [0.1, 0.15) is 25.0 Å². The van der Waals surface area contributed by atoms with E-state index < -0.39 is 37.0 Å². The summed E-state index contributed by atoms with van der Waals surface area (Å²) in [5.41, 5.74) is 0. The van der Waals surface area contributed by atoms with Gasteiger partial charge in [-0.3, -0.25) is 19.2 Å². The second kappa shape index (κ2) is 7.21. The Kier molecular flexibility index (Phi) is 6.25. The predicted molar refractivity (Wildman–Crippen MR) is 46.3 cm³/mol. The van der Waals surface area contributed by atoms with Crippen LogP contribution in [0.2, 0.25) is 0 Å². The first-order valence-electron chi connectivity index (χ1n) is 4.10. The highest BCUT2D eigenvalue weighted by atomic mass is 16.5. The van der Waals surface area contributed by atoms with Crippen molar-refractivity contribution in [1.82, 2.24) is 0 Å². The standard InChI is InChI=1S/C8H10O8/c9-3-15-1-5(7(11)12)6(8(13)14)2-16-4-10/h3-6H,1-2H2,(H,11,12)(H,13,14). The summed E-state index contributed by atoms with van der Waals surface area (Å²) in [6, 6.07) is 0. The van der Waals surface area contributed by atoms with Crippen molar-refractivity contribution in [3.8, 4) is 0 Å². The second-order valence-corrected chi connectivity index (χ2v) is 2.75. The summed E-state index contributed by atoms with van der Waals surface area (Å²) in [5, 5.41) is 17.4. The molecule has 0 aliphatic rings. The van der Waals surface area contributed by atoms with E-state index in [1.54, 1.807) is 0 Å². The Morgan fingerprint density at radius 2 is 1.25 bits per heavy atom. The van der Waals surface area contributed by atoms with Gasteiger partial charge in [0.2, 0.25) is 0 Å². The van der Waals surface area contributed by atoms with E-state index in [0.717, 1.165) is 0 Å². The van der Waals surface area contributed by atoms with Gasteiger partial charge >= 0.3 is 11.9 Å². The molecule has 0 heterocycles. The Morgan fingerprint density at radius 1 is 0.938 bits per heavy atom. The molecule has 0 spiro atoms. The fraction of sp³-hybridized carbons (Fsp3) is 0.500. The number of ether oxygens (including phenoxy) is 2. The van der Waals surface area contributed by atoms with Crippen LogP contribution in [-0.4, -0.2) is 48.3 Å². The Balaban J connectivity index is 4.64. The van der Waals surface area contributed by atoms with Crippen molar-refractivity contribution in [2.24, 2.45) is 11.8 Å². The molecule has 0 amide bonds. The van der Waals surface area contributed by atoms with E-state index in [1.807, 2.05) is 0 Å². The normalized spacial score (nSPS) is 13.2. The lowest BCUT2D eigenvalue weighted by atomic mass is 9.94. The molecular weight excluding hydrogens is 224 g/mol. The summed E-state index contributed by atoms with van der Waals surface area (Å²) in [4.78, 5) is 41.2. The topological polar surface area (TPSA) is 127 Å². The predicted octanol–water partition coefficient (Wildman–Crippen LogP) is -1.27. The molecule has 0 aliphatic carbocycles. The van der Waals surface area contributed by atoms with Crippen molar-refractivity contribution in [3.63, 3.8) is 0 Å². The van der Waals surface area contributed by atoms with Crippen LogP contribution < -0.4 is 0 Å². The van der Waals surface area contributed by atoms with Crippen molar-refractivity contribution >= 4 is 24.9 Å². The molecule has 0 aromatic heterocycles. The highest BCUT2D eigenvalue weighted by Gasteiger charge is 2.35. The van der Waals surface area contributed by atoms with Gasteiger partial charge in [-0.25, -0.2) is 0 Å². The molecule has 0 aliphatic heterocycles. The van der Waals surface area contributed by atoms with Crippen LogP contribution in [0.4, 0.5) is 0 Å². The Labute approximate surface area is 89.8 Å². The third kappa shape index (κ3) is 4.40. The molecule has 16 heavy (non-hydrogen) atoms. The maximum atomic E-state index is 10.7. The number of carboxylic acid groups (broad SMARTS) is 2. The fourth-order valence-electron chi connectivity index (χ4n) is 1.00. The maximum absolute atomic E-state index is 10.7. The zero-order valence-electron chi connectivity index (χ0n) is 8.07. The number of carbonyl (C=O) groups excluding carboxylic acids is 2. The molecule has 0 radical (unpaired) electrons. The zero-order chi connectivity index (χ0) is 12.6. The van der Waals surface area contributed by atoms with Gasteiger partial charge in [-0.05, 0) is 0 Å². The Hall–Kier alpha value is -2.12. The quantitative estimate of drug-likeness (QED) is 0.473. The van der Waals surface area contributed by atoms with Crippen molar-refractivity contribution in [3.05, 3.63) is 0 Å². The highest BCUT2D eigenvalue weighted by Crippen LogP contribution is 2.14. The van der Waals surface area contributed by atoms with Gasteiger partial charge in [0, 0.05) is 0 Å². The summed E-state index contributed by atoms with van der Waals surface area (Å²) >= 11 is 0. The lowest BCUT2D eigenvalue weighted by molar-refractivity contribution is -0.161. The molecule has 8 heteroatoms. The average molecular weight is 234 g/mol. The minimum Gasteiger partial charge on any atom is -0.481 e. The van der Waals surface area contributed by atoms with Crippen molar-refractivity contribution in [1.29, 1.82) is 0 Å². The SMILES string of the molecule is O=COCC(C(=O)O)C(COC=O)C(=O)O. The van der Waals surface area contributed by atoms with Crippen LogP contribution in [0.3, 0.4) is 0 Å². The number of carboxylic acids is 2. The van der Waals surface area contributed by atoms with Crippen LogP contribution in [0.5, 0.6) is 0 Å². The van der Waals surface area contributed by atoms with Crippen LogP contribution in [0.15, 0.2) is 0 Å². The van der Waals surface area contributed by atoms with E-state index in [0.29, 0.717) is 0 Å². The van der Waals surface area contributed by atoms with Crippen LogP contribution in [0.1, 0.15) is 0 Å². The molecule has 8 nitrogen and oxygen atoms in total. The van der Waals surface area contributed by atoms with Gasteiger partial charge in [-0.15, -0.1) is 0 Å². The van der Waals surface area contributed by atoms with Gasteiger partial charge in [-0.2, -0.15) is 0 Å². The molecule has 2 N–H and O–H groups in total. The molecule has 2 unspecified atom stereocenters. The molecule has 0 aromatic carbocycles. The molecule has 0 fully saturated rings. The van der Waals surface area contributed by atoms with Gasteiger partial charge in [0.15, 0.2) is 0 Å². The molecule has 0 bridgehead atoms. The van der Waals surface area contributed by atoms with Crippen LogP contribution in [-0.2, 0) is 28.7 Å². The summed E-state index contributed by atoms with van der Waals surface area (Å²) in [5.74, 6) is -5.85. The summed E-state index contributed by atoms with van der Waals surface area (Å²) in [6.07, 6.45) is 0. The lowest BCUT2D eigenvalue weighted by Gasteiger charge is -2.18. The van der Waals surface area contributed by atoms with Gasteiger partial charge in [0.05, 0.1) is 0 Å². The third-order valence-corrected chi connectivity index (χ3v) is 1.81. The highest BCUT2D eigenvalue weighted by molar-refractivity contribution is 5.80. The Bertz CT molecular complexity index is 245. The van der Waals surface area contributed by atoms with E-state index >= 15 is 0 Å². The number of carbonyl (C=O) groups is 4. The monoisotopic (exact) mass is 234 g/mol. The first kappa shape index (κ1) is 13.9. The van der Waals surface area contributed by atoms with E-state index in [9.17, 15) is 19.2 Å². The molecular formula is C8H10O8. The van der Waals surface area contributed by atoms with Crippen molar-refractivity contribution in [2.45, 2.75) is 0 Å². The molecule has 0 aromatic rings. The number of rotatable bonds is 9. The molecule has 0 rings (SSSR count). The van der Waals surface area contributed by atoms with Gasteiger partial charge < -0.3 is 19.7 Å². The number of hydrogen-bond acceptors (Lipinski definition) is 6. The number of hydrogen-bond donors (Lipinski definition) is 2. The first-order chi connectivity index (χ1) is 7.54. The maximum Gasteiger partial charge on any atom is 0.310 e. The lowest BCUT2D eigenvalue weighted by Crippen LogP contribution is -2.36. The van der Waals surface area contributed by atoms with Crippen LogP contribution >= 0.6 is 0 Å². The Morgan fingerprint density at radius 3 is 1.44 bits per heavy atom. The van der Waals surface area contributed by atoms with Gasteiger partial charge in [0.25, 0.3) is 12.9 Å². The fourth-order valence-corrected chi connectivity index (χ4v) is 1.00. The van der Waals surface area contributed by atoms with E-state index in [-0.39, 0.29) is 12.9 Å². The van der Waals surface area contributed by atoms with E-state index in [2.05, 4.69) is 9.47 Å². The van der Waals surface area contributed by atoms with Crippen molar-refractivity contribution < 1.29 is 38.9 Å². The second-order valence-electron chi connectivity index (χ2n) is 2.75. The van der Waals surface area contributed by atoms with Crippen molar-refractivity contribution in [2.75, 3.05) is 13.2 Å². The molecule has 2 atom stereocenters. The molecule has 90 valence electrons. The summed E-state index contributed by atoms with van der Waals surface area (Å²) in [6.45, 7) is -1.18. The average Bonchev–Trinajstić information content (AvgIpc) is 2.21. The van der Waals surface area contributed by atoms with Gasteiger partial charge in [-0.1, -0.05) is 0 Å². The molecule has 0 saturated carbocycles. The van der Waals surface area contributed by atoms with Crippen LogP contribution in [0.25, 0.3) is 0 Å². The minimum atomic E-state index is -1.47.